The molecule has 5 fully saturated rings. The van der Waals surface area contributed by atoms with Crippen molar-refractivity contribution in [3.63, 3.8) is 0 Å². The molecular weight excluding hydrogens is 1940 g/mol. The lowest BCUT2D eigenvalue weighted by Gasteiger charge is -2.32. The summed E-state index contributed by atoms with van der Waals surface area (Å²) in [7, 11) is 0. The number of nitrogens with two attached hydrogens (primary N) is 4. The first-order chi connectivity index (χ1) is 68.4. The van der Waals surface area contributed by atoms with Crippen molar-refractivity contribution in [1.82, 2.24) is 106 Å². The Morgan fingerprint density at radius 3 is 1.47 bits per heavy atom. The highest BCUT2D eigenvalue weighted by atomic mass is 32.2. The first-order valence-electron chi connectivity index (χ1n) is 46.5. The molecule has 20 amide bonds. The molecule has 8 rings (SSSR count). The molecule has 5 saturated heterocycles. The normalized spacial score (nSPS) is 27.7. The molecular formula is C90H125N25O26S3. The monoisotopic (exact) mass is 2070 g/mol. The number of guanidine groups is 1. The molecule has 3 aromatic rings. The van der Waals surface area contributed by atoms with Gasteiger partial charge in [-0.3, -0.25) is 106 Å². The molecule has 20 unspecified atom stereocenters. The molecule has 6 bridgehead atoms. The summed E-state index contributed by atoms with van der Waals surface area (Å²) >= 11 is 1.74. The Balaban J connectivity index is 1.44. The van der Waals surface area contributed by atoms with E-state index in [2.05, 4.69) is 90.4 Å². The Kier molecular flexibility index (Phi) is 45.3. The van der Waals surface area contributed by atoms with Crippen LogP contribution < -0.4 is 124 Å². The van der Waals surface area contributed by atoms with Crippen LogP contribution >= 0.6 is 35.3 Å². The van der Waals surface area contributed by atoms with Gasteiger partial charge in [-0.05, 0) is 80.5 Å². The number of thioether (sulfide) groups is 3. The van der Waals surface area contributed by atoms with Gasteiger partial charge in [-0.1, -0.05) is 119 Å². The maximum absolute atomic E-state index is 16.2. The van der Waals surface area contributed by atoms with E-state index >= 15 is 57.5 Å². The van der Waals surface area contributed by atoms with E-state index in [0.29, 0.717) is 52.0 Å². The predicted octanol–water partition coefficient (Wildman–Crippen LogP) is -10.5. The molecule has 0 saturated carbocycles. The number of carbonyl (C=O) groups is 23. The third kappa shape index (κ3) is 36.1. The van der Waals surface area contributed by atoms with Gasteiger partial charge in [0.05, 0.1) is 31.6 Å². The zero-order valence-electron chi connectivity index (χ0n) is 79.3. The van der Waals surface area contributed by atoms with E-state index in [0.717, 1.165) is 0 Å². The van der Waals surface area contributed by atoms with Gasteiger partial charge in [0.25, 0.3) is 5.78 Å². The van der Waals surface area contributed by atoms with Gasteiger partial charge in [-0.25, -0.2) is 9.59 Å². The smallest absolute Gasteiger partial charge is 0.374 e. The number of aliphatic hydroxyl groups is 1. The number of ketones is 1. The van der Waals surface area contributed by atoms with Gasteiger partial charge in [0.15, 0.2) is 12.1 Å². The van der Waals surface area contributed by atoms with Gasteiger partial charge in [-0.15, -0.1) is 0 Å². The number of aliphatic hydroxyl groups excluding tert-OH is 1. The second kappa shape index (κ2) is 56.6. The van der Waals surface area contributed by atoms with Crippen molar-refractivity contribution in [2.75, 3.05) is 62.3 Å². The summed E-state index contributed by atoms with van der Waals surface area (Å²) in [6.07, 6.45) is -7.91. The lowest BCUT2D eigenvalue weighted by molar-refractivity contribution is -0.152. The summed E-state index contributed by atoms with van der Waals surface area (Å²) in [5.41, 5.74) is 24.6. The lowest BCUT2D eigenvalue weighted by Crippen LogP contribution is -2.64. The minimum Gasteiger partial charge on any atom is -0.479 e. The van der Waals surface area contributed by atoms with E-state index in [4.69, 9.17) is 28.3 Å². The van der Waals surface area contributed by atoms with Gasteiger partial charge >= 0.3 is 11.9 Å². The van der Waals surface area contributed by atoms with Crippen molar-refractivity contribution >= 4 is 177 Å². The number of aliphatic carboxylic acids is 2. The van der Waals surface area contributed by atoms with Crippen LogP contribution in [0.1, 0.15) is 109 Å². The molecule has 5 heterocycles. The van der Waals surface area contributed by atoms with Crippen LogP contribution in [0.3, 0.4) is 0 Å². The molecule has 51 nitrogen and oxygen atoms in total. The maximum Gasteiger partial charge on any atom is 0.374 e. The Morgan fingerprint density at radius 1 is 0.458 bits per heavy atom. The van der Waals surface area contributed by atoms with E-state index in [9.17, 15) is 68.1 Å². The zero-order valence-corrected chi connectivity index (χ0v) is 81.7. The zero-order chi connectivity index (χ0) is 106. The number of hydrogen-bond acceptors (Lipinski definition) is 30. The average molecular weight is 2070 g/mol. The number of fused-ring (bicyclic) bond motifs is 22. The van der Waals surface area contributed by atoms with Gasteiger partial charge < -0.3 is 144 Å². The van der Waals surface area contributed by atoms with Crippen molar-refractivity contribution < 1.29 is 126 Å². The number of carbonyl (C=O) groups excluding carboxylic acids is 21. The Labute approximate surface area is 839 Å². The topological polar surface area (TPSA) is 813 Å². The maximum atomic E-state index is 16.2. The summed E-state index contributed by atoms with van der Waals surface area (Å²) in [5, 5.41) is 84.3. The van der Waals surface area contributed by atoms with Gasteiger partial charge in [-0.2, -0.15) is 35.3 Å². The molecule has 5 aliphatic rings. The molecule has 144 heavy (non-hydrogen) atoms. The van der Waals surface area contributed by atoms with Crippen LogP contribution in [0.2, 0.25) is 0 Å². The molecule has 0 spiro atoms. The fourth-order valence-corrected chi connectivity index (χ4v) is 19.0. The minimum atomic E-state index is -3.01. The lowest BCUT2D eigenvalue weighted by atomic mass is 10.00. The standard InChI is InChI=1S/C90H125N25O26S3/c1-43(2)66-85(135)110-59-41-142-40-58-80(130)109-60-42-144-45(4)68(87(137)106-55(76(126)111-66)34-48-22-12-7-13-23-48)112-77(127)54(33-47-20-10-6-11-21-47)105-83(133)61-26-17-31-115(61)65(119)38-99-73(123)53(32-46-18-8-5-9-19-46)104-79(129)57(107-81(60)131)36-96-29-15-14-24-50(70(120)88(138)139)101-86(136)67(113-78(128)56(35-63(93)117)100-64(118)37-98-84(134)69(114-82(59)132)71(121)89(140)141)44(3)143-39-49(91)72(122)102-51(25-16-30-97-90(94)95)74(124)103-52(75(125)108-58)27-28-62(92)116/h5-13,18-23,43-45,49-61,66-69,71,96,121H,14-17,24-42,91H2,1-4H3,(H2,92,116)(H2,93,117)(H,98,134)(H,99,123)(H,100,118)(H,101,136)(H,102,122)(H,103,124)(H,104,129)(H,105,133)(H,106,137)(H,107,131)(H,108,125)(H,109,130)(H,110,135)(H,111,126)(H,112,127)(H,113,128)(H,114,132)(H,138,139)(H,140,141)(H4,94,95,97). The predicted molar refractivity (Wildman–Crippen MR) is 519 cm³/mol. The van der Waals surface area contributed by atoms with Gasteiger partial charge in [0.2, 0.25) is 118 Å². The summed E-state index contributed by atoms with van der Waals surface area (Å²) in [6, 6.07) is -9.16. The third-order valence-electron chi connectivity index (χ3n) is 23.7. The van der Waals surface area contributed by atoms with E-state index in [1.165, 1.54) is 32.6 Å². The molecule has 0 aliphatic carbocycles. The Bertz CT molecular complexity index is 5180. The highest BCUT2D eigenvalue weighted by Crippen LogP contribution is 2.24. The van der Waals surface area contributed by atoms with E-state index in [-0.39, 0.29) is 64.6 Å². The van der Waals surface area contributed by atoms with Crippen molar-refractivity contribution in [3.05, 3.63) is 108 Å². The molecule has 0 aromatic heterocycles. The van der Waals surface area contributed by atoms with Crippen molar-refractivity contribution in [2.45, 2.75) is 230 Å². The SMILES string of the molecule is CC(C)C1NC(=O)C(Cc2ccccc2)NC(=O)C2NC(=O)C(Cc3ccccc3)NC(=O)C3CCCN3C(=O)CNC(=O)C(Cc3ccccc3)NC(=O)C3CNCCCCC(C(=O)C(=O)O)NC(=O)C4NC(=O)C(CC(N)=O)NC(=O)CNC(=O)C(C(O)C(=O)O)NC(=O)C(CSCC(NC(=O)C(CCC(N)=O)NC(=O)C(CCCNC(=N)N)NC(=O)C(N)CSC4C)C(=O)NC(CSC2C)C(=O)N3)NC1=O. The number of primary amides is 2. The first-order valence-corrected chi connectivity index (χ1v) is 49.7. The Morgan fingerprint density at radius 2 is 0.917 bits per heavy atom. The van der Waals surface area contributed by atoms with Crippen molar-refractivity contribution in [1.29, 1.82) is 5.41 Å². The highest BCUT2D eigenvalue weighted by Gasteiger charge is 2.45. The number of rotatable bonds is 20. The van der Waals surface area contributed by atoms with Crippen LogP contribution in [0, 0.1) is 11.3 Å². The molecule has 784 valence electrons. The number of carboxylic acids is 2. The quantitative estimate of drug-likeness (QED) is 0.0164. The fraction of sp³-hybridized carbons (Fsp3) is 0.533. The Hall–Kier alpha value is -14.1. The number of amides is 20. The van der Waals surface area contributed by atoms with Crippen LogP contribution in [0.4, 0.5) is 0 Å². The van der Waals surface area contributed by atoms with Crippen LogP contribution in [0.5, 0.6) is 0 Å². The van der Waals surface area contributed by atoms with Crippen LogP contribution in [0.25, 0.3) is 0 Å². The summed E-state index contributed by atoms with van der Waals surface area (Å²) < 4.78 is 0. The number of Topliss-reactive ketones (excluding diaryl/α,β-unsaturated/α-hetero) is 1. The van der Waals surface area contributed by atoms with E-state index < -0.39 is 348 Å². The number of hydrogen-bond donors (Lipinski definition) is 27. The number of nitrogens with one attached hydrogen (secondary N) is 20. The number of carboxylic acid groups (broad SMARTS) is 2. The van der Waals surface area contributed by atoms with E-state index in [1.807, 2.05) is 10.6 Å². The van der Waals surface area contributed by atoms with Gasteiger partial charge in [0, 0.05) is 78.8 Å². The molecule has 20 atom stereocenters. The summed E-state index contributed by atoms with van der Waals surface area (Å²) in [6.45, 7) is 2.15. The molecule has 0 radical (unpaired) electrons. The summed E-state index contributed by atoms with van der Waals surface area (Å²) in [4.78, 5) is 341. The molecule has 5 aliphatic heterocycles. The van der Waals surface area contributed by atoms with Gasteiger partial charge in [0.1, 0.15) is 90.6 Å². The third-order valence-corrected chi connectivity index (χ3v) is 27.5. The fourth-order valence-electron chi connectivity index (χ4n) is 15.8. The second-order valence-electron chi connectivity index (χ2n) is 35.2. The minimum absolute atomic E-state index is 0.0240. The van der Waals surface area contributed by atoms with E-state index in [1.54, 1.807) is 91.0 Å². The van der Waals surface area contributed by atoms with Crippen LogP contribution in [0.15, 0.2) is 91.0 Å². The number of benzene rings is 3. The summed E-state index contributed by atoms with van der Waals surface area (Å²) in [5.74, 6) is -35.9. The first kappa shape index (κ1) is 115. The van der Waals surface area contributed by atoms with Crippen LogP contribution in [-0.2, 0) is 130 Å². The van der Waals surface area contributed by atoms with Crippen molar-refractivity contribution in [3.8, 4) is 0 Å². The molecule has 31 N–H and O–H groups in total. The average Bonchev–Trinajstić information content (AvgIpc) is 1.37. The largest absolute Gasteiger partial charge is 0.479 e. The van der Waals surface area contributed by atoms with Crippen molar-refractivity contribution in [2.24, 2.45) is 28.9 Å². The number of nitrogens with zero attached hydrogens (tertiary/aromatic N) is 1. The van der Waals surface area contributed by atoms with Crippen LogP contribution in [-0.4, -0.2) is 344 Å². The molecule has 54 heteroatoms. The highest BCUT2D eigenvalue weighted by molar-refractivity contribution is 8.00. The molecule has 3 aromatic carbocycles. The second-order valence-corrected chi connectivity index (χ2v) is 39.1.